The summed E-state index contributed by atoms with van der Waals surface area (Å²) < 4.78 is 10.6. The van der Waals surface area contributed by atoms with Crippen molar-refractivity contribution in [2.45, 2.75) is 32.9 Å². The van der Waals surface area contributed by atoms with Gasteiger partial charge in [-0.15, -0.1) is 0 Å². The van der Waals surface area contributed by atoms with E-state index in [1.54, 1.807) is 0 Å². The van der Waals surface area contributed by atoms with E-state index >= 15 is 0 Å². The molecule has 1 unspecified atom stereocenters. The minimum Gasteiger partial charge on any atom is -0.454 e. The number of hydrogen-bond acceptors (Lipinski definition) is 3. The molecule has 0 saturated carbocycles. The van der Waals surface area contributed by atoms with Crippen molar-refractivity contribution in [1.82, 2.24) is 10.6 Å². The Hall–Kier alpha value is -1.49. The second-order valence-electron chi connectivity index (χ2n) is 4.61. The molecule has 5 heteroatoms. The average Bonchev–Trinajstić information content (AvgIpc) is 2.74. The topological polar surface area (TPSA) is 42.5 Å². The predicted molar refractivity (Wildman–Crippen MR) is 75.0 cm³/mol. The van der Waals surface area contributed by atoms with Crippen molar-refractivity contribution in [2.75, 3.05) is 6.79 Å². The Labute approximate surface area is 113 Å². The maximum atomic E-state index is 5.36. The lowest BCUT2D eigenvalue weighted by atomic mass is 10.1. The zero-order chi connectivity index (χ0) is 13.1. The average molecular weight is 266 g/mol. The number of rotatable bonds is 3. The third kappa shape index (κ3) is 3.04. The van der Waals surface area contributed by atoms with Gasteiger partial charge in [-0.05, 0) is 50.7 Å². The van der Waals surface area contributed by atoms with Crippen LogP contribution >= 0.6 is 12.2 Å². The molecule has 1 atom stereocenters. The molecule has 2 rings (SSSR count). The Morgan fingerprint density at radius 1 is 1.17 bits per heavy atom. The predicted octanol–water partition coefficient (Wildman–Crippen LogP) is 2.35. The van der Waals surface area contributed by atoms with Gasteiger partial charge in [-0.25, -0.2) is 0 Å². The lowest BCUT2D eigenvalue weighted by Crippen LogP contribution is -2.40. The Balaban J connectivity index is 2.00. The summed E-state index contributed by atoms with van der Waals surface area (Å²) in [7, 11) is 0. The first-order valence-electron chi connectivity index (χ1n) is 6.03. The van der Waals surface area contributed by atoms with E-state index in [2.05, 4.69) is 31.4 Å². The maximum absolute atomic E-state index is 5.36. The molecule has 2 N–H and O–H groups in total. The summed E-state index contributed by atoms with van der Waals surface area (Å²) in [6.45, 7) is 6.47. The highest BCUT2D eigenvalue weighted by atomic mass is 32.1. The van der Waals surface area contributed by atoms with Crippen LogP contribution in [0.1, 0.15) is 32.4 Å². The number of ether oxygens (including phenoxy) is 2. The van der Waals surface area contributed by atoms with Crippen LogP contribution in [0.3, 0.4) is 0 Å². The fraction of sp³-hybridized carbons (Fsp3) is 0.462. The Bertz CT molecular complexity index is 449. The summed E-state index contributed by atoms with van der Waals surface area (Å²) in [4.78, 5) is 0. The minimum atomic E-state index is 0.123. The van der Waals surface area contributed by atoms with Crippen LogP contribution in [-0.4, -0.2) is 17.9 Å². The summed E-state index contributed by atoms with van der Waals surface area (Å²) in [6.07, 6.45) is 0. The van der Waals surface area contributed by atoms with Crippen molar-refractivity contribution in [3.63, 3.8) is 0 Å². The van der Waals surface area contributed by atoms with Crippen LogP contribution in [0.2, 0.25) is 0 Å². The van der Waals surface area contributed by atoms with E-state index in [0.717, 1.165) is 17.1 Å². The second kappa shape index (κ2) is 5.44. The Kier molecular flexibility index (Phi) is 3.91. The molecule has 0 spiro atoms. The van der Waals surface area contributed by atoms with Gasteiger partial charge in [0.15, 0.2) is 16.6 Å². The van der Waals surface area contributed by atoms with Gasteiger partial charge in [0.1, 0.15) is 0 Å². The molecule has 0 saturated heterocycles. The number of nitrogens with one attached hydrogen (secondary N) is 2. The standard InChI is InChI=1S/C13H18N2O2S/c1-8(2)14-13(18)15-9(3)10-4-5-11-12(6-10)17-7-16-11/h4-6,8-9H,7H2,1-3H3,(H2,14,15,18). The molecule has 0 aliphatic carbocycles. The molecule has 1 aliphatic rings. The van der Waals surface area contributed by atoms with Crippen LogP contribution in [0.25, 0.3) is 0 Å². The van der Waals surface area contributed by atoms with Gasteiger partial charge in [0.2, 0.25) is 6.79 Å². The van der Waals surface area contributed by atoms with Crippen LogP contribution in [0.5, 0.6) is 11.5 Å². The highest BCUT2D eigenvalue weighted by molar-refractivity contribution is 7.80. The molecule has 0 radical (unpaired) electrons. The molecule has 1 heterocycles. The number of hydrogen-bond donors (Lipinski definition) is 2. The van der Waals surface area contributed by atoms with Crippen molar-refractivity contribution < 1.29 is 9.47 Å². The summed E-state index contributed by atoms with van der Waals surface area (Å²) in [5, 5.41) is 7.06. The SMILES string of the molecule is CC(C)NC(=S)NC(C)c1ccc2c(c1)OCO2. The highest BCUT2D eigenvalue weighted by Crippen LogP contribution is 2.34. The van der Waals surface area contributed by atoms with Crippen molar-refractivity contribution in [3.8, 4) is 11.5 Å². The van der Waals surface area contributed by atoms with E-state index < -0.39 is 0 Å². The lowest BCUT2D eigenvalue weighted by Gasteiger charge is -2.19. The fourth-order valence-corrected chi connectivity index (χ4v) is 2.18. The molecule has 0 aromatic heterocycles. The quantitative estimate of drug-likeness (QED) is 0.822. The van der Waals surface area contributed by atoms with Crippen LogP contribution in [0.15, 0.2) is 18.2 Å². The number of fused-ring (bicyclic) bond motifs is 1. The molecule has 4 nitrogen and oxygen atoms in total. The van der Waals surface area contributed by atoms with Crippen molar-refractivity contribution >= 4 is 17.3 Å². The number of benzene rings is 1. The molecule has 0 bridgehead atoms. The first-order valence-corrected chi connectivity index (χ1v) is 6.43. The molecule has 98 valence electrons. The van der Waals surface area contributed by atoms with Gasteiger partial charge >= 0.3 is 0 Å². The molecule has 1 aromatic rings. The Morgan fingerprint density at radius 2 is 1.89 bits per heavy atom. The van der Waals surface area contributed by atoms with E-state index in [-0.39, 0.29) is 6.04 Å². The molecular formula is C13H18N2O2S. The van der Waals surface area contributed by atoms with E-state index in [9.17, 15) is 0 Å². The Morgan fingerprint density at radius 3 is 2.61 bits per heavy atom. The highest BCUT2D eigenvalue weighted by Gasteiger charge is 2.16. The van der Waals surface area contributed by atoms with Gasteiger partial charge in [-0.1, -0.05) is 6.07 Å². The second-order valence-corrected chi connectivity index (χ2v) is 5.02. The number of thiocarbonyl (C=S) groups is 1. The van der Waals surface area contributed by atoms with Gasteiger partial charge < -0.3 is 20.1 Å². The van der Waals surface area contributed by atoms with E-state index in [0.29, 0.717) is 17.9 Å². The van der Waals surface area contributed by atoms with Crippen LogP contribution < -0.4 is 20.1 Å². The van der Waals surface area contributed by atoms with Crippen molar-refractivity contribution in [2.24, 2.45) is 0 Å². The summed E-state index contributed by atoms with van der Waals surface area (Å²) in [5.74, 6) is 1.60. The summed E-state index contributed by atoms with van der Waals surface area (Å²) in [5.41, 5.74) is 1.12. The first-order chi connectivity index (χ1) is 8.56. The molecular weight excluding hydrogens is 248 g/mol. The molecule has 0 amide bonds. The zero-order valence-electron chi connectivity index (χ0n) is 10.8. The van der Waals surface area contributed by atoms with Gasteiger partial charge in [0, 0.05) is 6.04 Å². The summed E-state index contributed by atoms with van der Waals surface area (Å²) >= 11 is 5.23. The van der Waals surface area contributed by atoms with Crippen molar-refractivity contribution in [1.29, 1.82) is 0 Å². The maximum Gasteiger partial charge on any atom is 0.231 e. The van der Waals surface area contributed by atoms with Crippen LogP contribution in [0, 0.1) is 0 Å². The van der Waals surface area contributed by atoms with Gasteiger partial charge in [0.05, 0.1) is 6.04 Å². The van der Waals surface area contributed by atoms with Crippen LogP contribution in [-0.2, 0) is 0 Å². The monoisotopic (exact) mass is 266 g/mol. The van der Waals surface area contributed by atoms with E-state index in [1.165, 1.54) is 0 Å². The zero-order valence-corrected chi connectivity index (χ0v) is 11.6. The molecule has 0 fully saturated rings. The third-order valence-corrected chi connectivity index (χ3v) is 2.90. The largest absolute Gasteiger partial charge is 0.454 e. The van der Waals surface area contributed by atoms with Crippen molar-refractivity contribution in [3.05, 3.63) is 23.8 Å². The van der Waals surface area contributed by atoms with Gasteiger partial charge in [-0.2, -0.15) is 0 Å². The van der Waals surface area contributed by atoms with E-state index in [4.69, 9.17) is 21.7 Å². The van der Waals surface area contributed by atoms with E-state index in [1.807, 2.05) is 18.2 Å². The van der Waals surface area contributed by atoms with Gasteiger partial charge in [0.25, 0.3) is 0 Å². The van der Waals surface area contributed by atoms with Gasteiger partial charge in [-0.3, -0.25) is 0 Å². The molecule has 1 aliphatic heterocycles. The van der Waals surface area contributed by atoms with Crippen LogP contribution in [0.4, 0.5) is 0 Å². The molecule has 18 heavy (non-hydrogen) atoms. The first kappa shape index (κ1) is 13.0. The minimum absolute atomic E-state index is 0.123. The molecule has 1 aromatic carbocycles. The summed E-state index contributed by atoms with van der Waals surface area (Å²) in [6, 6.07) is 6.38. The smallest absolute Gasteiger partial charge is 0.231 e. The normalized spacial score (nSPS) is 14.4. The third-order valence-electron chi connectivity index (χ3n) is 2.66. The lowest BCUT2D eigenvalue weighted by molar-refractivity contribution is 0.174. The fourth-order valence-electron chi connectivity index (χ4n) is 1.77.